The van der Waals surface area contributed by atoms with Crippen molar-refractivity contribution >= 4 is 16.7 Å². The molecule has 0 aliphatic carbocycles. The fourth-order valence-corrected chi connectivity index (χ4v) is 2.23. The van der Waals surface area contributed by atoms with Gasteiger partial charge in [-0.05, 0) is 25.0 Å². The summed E-state index contributed by atoms with van der Waals surface area (Å²) in [6.07, 6.45) is -1.42. The maximum Gasteiger partial charge on any atom is 0.297 e. The molecule has 0 amide bonds. The predicted molar refractivity (Wildman–Crippen MR) is 78.5 cm³/mol. The van der Waals surface area contributed by atoms with Crippen molar-refractivity contribution in [2.24, 2.45) is 0 Å². The number of alkyl halides is 2. The molecule has 1 aromatic carbocycles. The fraction of sp³-hybridized carbons (Fsp3) is 0.467. The highest BCUT2D eigenvalue weighted by molar-refractivity contribution is 5.89. The van der Waals surface area contributed by atoms with Gasteiger partial charge in [-0.2, -0.15) is 0 Å². The Hall–Kier alpha value is -1.82. The molecule has 21 heavy (non-hydrogen) atoms. The summed E-state index contributed by atoms with van der Waals surface area (Å²) in [6.45, 7) is 3.77. The van der Waals surface area contributed by atoms with Crippen LogP contribution in [0.4, 0.5) is 14.6 Å². The number of aliphatic hydroxyl groups excluding tert-OH is 1. The molecule has 1 aromatic heterocycles. The molecular formula is C15H19F2N3O. The van der Waals surface area contributed by atoms with Gasteiger partial charge in [-0.3, -0.25) is 0 Å². The van der Waals surface area contributed by atoms with Crippen molar-refractivity contribution in [3.63, 3.8) is 0 Å². The van der Waals surface area contributed by atoms with Crippen molar-refractivity contribution < 1.29 is 13.9 Å². The highest BCUT2D eigenvalue weighted by atomic mass is 19.3. The lowest BCUT2D eigenvalue weighted by atomic mass is 9.93. The van der Waals surface area contributed by atoms with E-state index in [0.29, 0.717) is 29.6 Å². The van der Waals surface area contributed by atoms with Crippen LogP contribution in [0.3, 0.4) is 0 Å². The van der Waals surface area contributed by atoms with Crippen molar-refractivity contribution in [3.05, 3.63) is 30.1 Å². The molecule has 0 aliphatic rings. The number of nitrogens with zero attached hydrogens (tertiary/aromatic N) is 2. The number of para-hydroxylation sites is 1. The van der Waals surface area contributed by atoms with E-state index in [-0.39, 0.29) is 6.61 Å². The lowest BCUT2D eigenvalue weighted by Gasteiger charge is -2.31. The SMILES string of the molecule is CCC(CC)(CO)Nc1nc(C(F)F)nc2ccccc12. The zero-order valence-electron chi connectivity index (χ0n) is 12.1. The third-order valence-electron chi connectivity index (χ3n) is 3.86. The van der Waals surface area contributed by atoms with Crippen LogP contribution < -0.4 is 5.32 Å². The topological polar surface area (TPSA) is 58.0 Å². The van der Waals surface area contributed by atoms with Gasteiger partial charge < -0.3 is 10.4 Å². The van der Waals surface area contributed by atoms with Gasteiger partial charge in [0.25, 0.3) is 6.43 Å². The average molecular weight is 295 g/mol. The number of aliphatic hydroxyl groups is 1. The Morgan fingerprint density at radius 3 is 2.43 bits per heavy atom. The minimum Gasteiger partial charge on any atom is -0.394 e. The molecule has 0 saturated carbocycles. The number of anilines is 1. The first-order chi connectivity index (χ1) is 10.0. The summed E-state index contributed by atoms with van der Waals surface area (Å²) in [5, 5.41) is 13.4. The molecule has 0 fully saturated rings. The van der Waals surface area contributed by atoms with E-state index in [2.05, 4.69) is 15.3 Å². The van der Waals surface area contributed by atoms with Gasteiger partial charge in [0.1, 0.15) is 5.82 Å². The van der Waals surface area contributed by atoms with Crippen molar-refractivity contribution in [1.82, 2.24) is 9.97 Å². The van der Waals surface area contributed by atoms with Gasteiger partial charge >= 0.3 is 0 Å². The van der Waals surface area contributed by atoms with E-state index in [0.717, 1.165) is 0 Å². The smallest absolute Gasteiger partial charge is 0.297 e. The molecule has 0 radical (unpaired) electrons. The highest BCUT2D eigenvalue weighted by Crippen LogP contribution is 2.28. The van der Waals surface area contributed by atoms with Crippen molar-refractivity contribution in [2.45, 2.75) is 38.7 Å². The summed E-state index contributed by atoms with van der Waals surface area (Å²) in [6, 6.07) is 7.00. The first kappa shape index (κ1) is 15.6. The van der Waals surface area contributed by atoms with Crippen LogP contribution in [0.15, 0.2) is 24.3 Å². The predicted octanol–water partition coefficient (Wildman–Crippen LogP) is 3.53. The third-order valence-corrected chi connectivity index (χ3v) is 3.86. The average Bonchev–Trinajstić information content (AvgIpc) is 2.52. The third kappa shape index (κ3) is 3.10. The van der Waals surface area contributed by atoms with Gasteiger partial charge in [0, 0.05) is 5.39 Å². The number of fused-ring (bicyclic) bond motifs is 1. The lowest BCUT2D eigenvalue weighted by Crippen LogP contribution is -2.41. The maximum absolute atomic E-state index is 13.0. The van der Waals surface area contributed by atoms with Crippen LogP contribution in [0.2, 0.25) is 0 Å². The summed E-state index contributed by atoms with van der Waals surface area (Å²) in [7, 11) is 0. The van der Waals surface area contributed by atoms with E-state index in [1.165, 1.54) is 0 Å². The van der Waals surface area contributed by atoms with Crippen molar-refractivity contribution in [2.75, 3.05) is 11.9 Å². The molecule has 114 valence electrons. The molecule has 2 rings (SSSR count). The maximum atomic E-state index is 13.0. The lowest BCUT2D eigenvalue weighted by molar-refractivity contribution is 0.141. The van der Waals surface area contributed by atoms with E-state index in [1.807, 2.05) is 13.8 Å². The summed E-state index contributed by atoms with van der Waals surface area (Å²) in [4.78, 5) is 7.83. The number of halogens is 2. The first-order valence-electron chi connectivity index (χ1n) is 6.99. The number of aromatic nitrogens is 2. The van der Waals surface area contributed by atoms with Gasteiger partial charge in [0.05, 0.1) is 17.7 Å². The monoisotopic (exact) mass is 295 g/mol. The van der Waals surface area contributed by atoms with E-state index < -0.39 is 17.8 Å². The number of hydrogen-bond donors (Lipinski definition) is 2. The van der Waals surface area contributed by atoms with E-state index >= 15 is 0 Å². The second kappa shape index (κ2) is 6.30. The van der Waals surface area contributed by atoms with Gasteiger partial charge in [0.15, 0.2) is 5.82 Å². The second-order valence-electron chi connectivity index (χ2n) is 5.02. The minimum absolute atomic E-state index is 0.0949. The van der Waals surface area contributed by atoms with Crippen LogP contribution in [0.1, 0.15) is 38.9 Å². The van der Waals surface area contributed by atoms with E-state index in [4.69, 9.17) is 0 Å². The second-order valence-corrected chi connectivity index (χ2v) is 5.02. The highest BCUT2D eigenvalue weighted by Gasteiger charge is 2.27. The molecule has 4 nitrogen and oxygen atoms in total. The van der Waals surface area contributed by atoms with Crippen LogP contribution >= 0.6 is 0 Å². The van der Waals surface area contributed by atoms with Crippen molar-refractivity contribution in [3.8, 4) is 0 Å². The number of benzene rings is 1. The Kier molecular flexibility index (Phi) is 4.67. The summed E-state index contributed by atoms with van der Waals surface area (Å²) >= 11 is 0. The largest absolute Gasteiger partial charge is 0.394 e. The molecule has 2 N–H and O–H groups in total. The Morgan fingerprint density at radius 1 is 1.19 bits per heavy atom. The molecule has 0 aliphatic heterocycles. The molecule has 0 unspecified atom stereocenters. The summed E-state index contributed by atoms with van der Waals surface area (Å²) in [5.41, 5.74) is -0.111. The Labute approximate surface area is 122 Å². The number of hydrogen-bond acceptors (Lipinski definition) is 4. The molecule has 1 heterocycles. The molecular weight excluding hydrogens is 276 g/mol. The van der Waals surface area contributed by atoms with E-state index in [9.17, 15) is 13.9 Å². The number of nitrogens with one attached hydrogen (secondary N) is 1. The molecule has 0 spiro atoms. The van der Waals surface area contributed by atoms with Gasteiger partial charge in [-0.1, -0.05) is 26.0 Å². The minimum atomic E-state index is -2.73. The molecule has 0 atom stereocenters. The normalized spacial score (nSPS) is 12.1. The number of rotatable bonds is 6. The van der Waals surface area contributed by atoms with Gasteiger partial charge in [-0.25, -0.2) is 18.7 Å². The Bertz CT molecular complexity index is 607. The van der Waals surface area contributed by atoms with Gasteiger partial charge in [0.2, 0.25) is 0 Å². The molecule has 2 aromatic rings. The van der Waals surface area contributed by atoms with Crippen molar-refractivity contribution in [1.29, 1.82) is 0 Å². The Morgan fingerprint density at radius 2 is 1.86 bits per heavy atom. The molecule has 0 bridgehead atoms. The fourth-order valence-electron chi connectivity index (χ4n) is 2.23. The zero-order valence-corrected chi connectivity index (χ0v) is 12.1. The molecule has 6 heteroatoms. The van der Waals surface area contributed by atoms with E-state index in [1.54, 1.807) is 24.3 Å². The van der Waals surface area contributed by atoms with Crippen LogP contribution in [0.25, 0.3) is 10.9 Å². The van der Waals surface area contributed by atoms with Crippen LogP contribution in [0.5, 0.6) is 0 Å². The van der Waals surface area contributed by atoms with Crippen LogP contribution in [-0.2, 0) is 0 Å². The standard InChI is InChI=1S/C15H19F2N3O/c1-3-15(4-2,9-21)20-13-10-7-5-6-8-11(10)18-14(19-13)12(16)17/h5-8,12,21H,3-4,9H2,1-2H3,(H,18,19,20). The summed E-state index contributed by atoms with van der Waals surface area (Å²) < 4.78 is 25.9. The quantitative estimate of drug-likeness (QED) is 0.856. The summed E-state index contributed by atoms with van der Waals surface area (Å²) in [5.74, 6) is -0.163. The van der Waals surface area contributed by atoms with Gasteiger partial charge in [-0.15, -0.1) is 0 Å². The van der Waals surface area contributed by atoms with Crippen LogP contribution in [0, 0.1) is 0 Å². The molecule has 0 saturated heterocycles. The first-order valence-corrected chi connectivity index (χ1v) is 6.99. The Balaban J connectivity index is 2.55. The van der Waals surface area contributed by atoms with Crippen LogP contribution in [-0.4, -0.2) is 27.2 Å². The zero-order chi connectivity index (χ0) is 15.5.